The topological polar surface area (TPSA) is 78.9 Å². The van der Waals surface area contributed by atoms with Crippen molar-refractivity contribution in [1.82, 2.24) is 9.78 Å². The molecule has 1 N–H and O–H groups in total. The van der Waals surface area contributed by atoms with Crippen molar-refractivity contribution in [3.8, 4) is 6.07 Å². The molecule has 0 saturated carbocycles. The molecule has 0 aromatic carbocycles. The Bertz CT molecular complexity index is 337. The van der Waals surface area contributed by atoms with E-state index in [-0.39, 0.29) is 5.56 Å². The van der Waals surface area contributed by atoms with Gasteiger partial charge in [0.25, 0.3) is 0 Å². The number of rotatable bonds is 4. The number of aromatic carboxylic acids is 1. The standard InChI is InChI=1S/C8H9N3O2/c9-3-1-2-4-11-6-7(5-10-11)8(12)13/h5-6H,1-2,4H2,(H,12,13). The van der Waals surface area contributed by atoms with Crippen molar-refractivity contribution in [3.63, 3.8) is 0 Å². The van der Waals surface area contributed by atoms with Crippen LogP contribution in [0.5, 0.6) is 0 Å². The van der Waals surface area contributed by atoms with Crippen LogP contribution in [0.15, 0.2) is 12.4 Å². The van der Waals surface area contributed by atoms with Crippen LogP contribution in [0.3, 0.4) is 0 Å². The van der Waals surface area contributed by atoms with Crippen molar-refractivity contribution in [3.05, 3.63) is 18.0 Å². The van der Waals surface area contributed by atoms with E-state index in [0.717, 1.165) is 0 Å². The molecule has 0 bridgehead atoms. The molecule has 0 radical (unpaired) electrons. The summed E-state index contributed by atoms with van der Waals surface area (Å²) in [7, 11) is 0. The number of nitrogens with zero attached hydrogens (tertiary/aromatic N) is 3. The molecule has 0 unspecified atom stereocenters. The zero-order valence-corrected chi connectivity index (χ0v) is 6.97. The summed E-state index contributed by atoms with van der Waals surface area (Å²) < 4.78 is 1.53. The van der Waals surface area contributed by atoms with Gasteiger partial charge in [0, 0.05) is 19.2 Å². The van der Waals surface area contributed by atoms with Gasteiger partial charge in [-0.05, 0) is 6.42 Å². The van der Waals surface area contributed by atoms with Crippen LogP contribution in [0, 0.1) is 11.3 Å². The first-order chi connectivity index (χ1) is 6.24. The van der Waals surface area contributed by atoms with Gasteiger partial charge in [-0.1, -0.05) is 0 Å². The summed E-state index contributed by atoms with van der Waals surface area (Å²) in [6.45, 7) is 0.584. The second-order valence-electron chi connectivity index (χ2n) is 2.56. The monoisotopic (exact) mass is 179 g/mol. The van der Waals surface area contributed by atoms with Crippen LogP contribution in [0.1, 0.15) is 23.2 Å². The molecular formula is C8H9N3O2. The molecule has 0 aliphatic carbocycles. The third kappa shape index (κ3) is 2.60. The molecule has 0 aliphatic rings. The molecule has 0 fully saturated rings. The molecule has 0 amide bonds. The van der Waals surface area contributed by atoms with E-state index in [1.165, 1.54) is 17.1 Å². The average Bonchev–Trinajstić information content (AvgIpc) is 2.53. The number of nitriles is 1. The molecule has 1 aromatic heterocycles. The SMILES string of the molecule is N#CCCCn1cc(C(=O)O)cn1. The minimum Gasteiger partial charge on any atom is -0.478 e. The number of unbranched alkanes of at least 4 members (excludes halogenated alkanes) is 1. The molecule has 5 nitrogen and oxygen atoms in total. The third-order valence-electron chi connectivity index (χ3n) is 1.56. The third-order valence-corrected chi connectivity index (χ3v) is 1.56. The van der Waals surface area contributed by atoms with Crippen molar-refractivity contribution >= 4 is 5.97 Å². The molecule has 68 valence electrons. The van der Waals surface area contributed by atoms with E-state index >= 15 is 0 Å². The molecule has 0 spiro atoms. The number of aryl methyl sites for hydroxylation is 1. The Balaban J connectivity index is 2.50. The van der Waals surface area contributed by atoms with Gasteiger partial charge in [-0.3, -0.25) is 4.68 Å². The normalized spacial score (nSPS) is 9.46. The Hall–Kier alpha value is -1.83. The van der Waals surface area contributed by atoms with Gasteiger partial charge in [0.05, 0.1) is 17.8 Å². The molecule has 0 aliphatic heterocycles. The van der Waals surface area contributed by atoms with Crippen molar-refractivity contribution < 1.29 is 9.90 Å². The minimum atomic E-state index is -0.980. The molecule has 0 saturated heterocycles. The molecular weight excluding hydrogens is 170 g/mol. The summed E-state index contributed by atoms with van der Waals surface area (Å²) in [5, 5.41) is 20.7. The van der Waals surface area contributed by atoms with Gasteiger partial charge in [-0.2, -0.15) is 10.4 Å². The van der Waals surface area contributed by atoms with Crippen LogP contribution >= 0.6 is 0 Å². The highest BCUT2D eigenvalue weighted by atomic mass is 16.4. The Kier molecular flexibility index (Phi) is 3.03. The van der Waals surface area contributed by atoms with E-state index in [4.69, 9.17) is 10.4 Å². The van der Waals surface area contributed by atoms with E-state index in [1.807, 2.05) is 6.07 Å². The van der Waals surface area contributed by atoms with Crippen molar-refractivity contribution in [2.45, 2.75) is 19.4 Å². The van der Waals surface area contributed by atoms with Crippen LogP contribution in [-0.4, -0.2) is 20.9 Å². The highest BCUT2D eigenvalue weighted by Crippen LogP contribution is 1.99. The fourth-order valence-corrected chi connectivity index (χ4v) is 0.916. The Morgan fingerprint density at radius 1 is 1.77 bits per heavy atom. The van der Waals surface area contributed by atoms with Crippen molar-refractivity contribution in [1.29, 1.82) is 5.26 Å². The molecule has 1 aromatic rings. The number of hydrogen-bond donors (Lipinski definition) is 1. The zero-order valence-electron chi connectivity index (χ0n) is 6.97. The van der Waals surface area contributed by atoms with Gasteiger partial charge < -0.3 is 5.11 Å². The van der Waals surface area contributed by atoms with Crippen molar-refractivity contribution in [2.75, 3.05) is 0 Å². The molecule has 13 heavy (non-hydrogen) atoms. The van der Waals surface area contributed by atoms with E-state index in [0.29, 0.717) is 19.4 Å². The summed E-state index contributed by atoms with van der Waals surface area (Å²) in [4.78, 5) is 10.4. The van der Waals surface area contributed by atoms with Crippen LogP contribution in [-0.2, 0) is 6.54 Å². The first-order valence-corrected chi connectivity index (χ1v) is 3.86. The van der Waals surface area contributed by atoms with Crippen LogP contribution < -0.4 is 0 Å². The lowest BCUT2D eigenvalue weighted by molar-refractivity contribution is 0.0697. The Morgan fingerprint density at radius 2 is 2.54 bits per heavy atom. The van der Waals surface area contributed by atoms with E-state index < -0.39 is 5.97 Å². The van der Waals surface area contributed by atoms with Crippen LogP contribution in [0.25, 0.3) is 0 Å². The lowest BCUT2D eigenvalue weighted by Crippen LogP contribution is -1.98. The maximum absolute atomic E-state index is 10.4. The molecule has 1 rings (SSSR count). The summed E-state index contributed by atoms with van der Waals surface area (Å²) in [5.74, 6) is -0.980. The lowest BCUT2D eigenvalue weighted by Gasteiger charge is -1.95. The molecule has 0 atom stereocenters. The second kappa shape index (κ2) is 4.26. The fourth-order valence-electron chi connectivity index (χ4n) is 0.916. The quantitative estimate of drug-likeness (QED) is 0.696. The summed E-state index contributed by atoms with van der Waals surface area (Å²) in [5.41, 5.74) is 0.178. The second-order valence-corrected chi connectivity index (χ2v) is 2.56. The summed E-state index contributed by atoms with van der Waals surface area (Å²) >= 11 is 0. The lowest BCUT2D eigenvalue weighted by atomic mass is 10.3. The van der Waals surface area contributed by atoms with Gasteiger partial charge in [0.1, 0.15) is 0 Å². The average molecular weight is 179 g/mol. The number of aromatic nitrogens is 2. The smallest absolute Gasteiger partial charge is 0.338 e. The minimum absolute atomic E-state index is 0.178. The zero-order chi connectivity index (χ0) is 9.68. The summed E-state index contributed by atoms with van der Waals surface area (Å²) in [6, 6.07) is 2.01. The van der Waals surface area contributed by atoms with E-state index in [1.54, 1.807) is 0 Å². The highest BCUT2D eigenvalue weighted by molar-refractivity contribution is 5.86. The number of carboxylic acid groups (broad SMARTS) is 1. The number of carbonyl (C=O) groups is 1. The predicted octanol–water partition coefficient (Wildman–Crippen LogP) is 0.885. The van der Waals surface area contributed by atoms with Gasteiger partial charge in [0.15, 0.2) is 0 Å². The highest BCUT2D eigenvalue weighted by Gasteiger charge is 2.04. The van der Waals surface area contributed by atoms with Gasteiger partial charge in [-0.25, -0.2) is 4.79 Å². The first kappa shape index (κ1) is 9.26. The number of hydrogen-bond acceptors (Lipinski definition) is 3. The van der Waals surface area contributed by atoms with Gasteiger partial charge in [-0.15, -0.1) is 0 Å². The number of carboxylic acids is 1. The summed E-state index contributed by atoms with van der Waals surface area (Å²) in [6.07, 6.45) is 3.91. The van der Waals surface area contributed by atoms with Gasteiger partial charge >= 0.3 is 5.97 Å². The van der Waals surface area contributed by atoms with Crippen molar-refractivity contribution in [2.24, 2.45) is 0 Å². The van der Waals surface area contributed by atoms with Crippen LogP contribution in [0.4, 0.5) is 0 Å². The maximum atomic E-state index is 10.4. The maximum Gasteiger partial charge on any atom is 0.338 e. The van der Waals surface area contributed by atoms with E-state index in [2.05, 4.69) is 5.10 Å². The largest absolute Gasteiger partial charge is 0.478 e. The molecule has 1 heterocycles. The fraction of sp³-hybridized carbons (Fsp3) is 0.375. The predicted molar refractivity (Wildman–Crippen MR) is 44.0 cm³/mol. The Labute approximate surface area is 75.2 Å². The van der Waals surface area contributed by atoms with Crippen LogP contribution in [0.2, 0.25) is 0 Å². The van der Waals surface area contributed by atoms with Gasteiger partial charge in [0.2, 0.25) is 0 Å². The first-order valence-electron chi connectivity index (χ1n) is 3.86. The molecule has 5 heteroatoms. The van der Waals surface area contributed by atoms with E-state index in [9.17, 15) is 4.79 Å². The Morgan fingerprint density at radius 3 is 3.08 bits per heavy atom.